The molecule has 2 heterocycles. The minimum absolute atomic E-state index is 0.171. The average molecular weight is 450 g/mol. The number of aliphatic hydroxyl groups excluding tert-OH is 1. The van der Waals surface area contributed by atoms with Crippen LogP contribution in [0.15, 0.2) is 36.4 Å². The first-order valence-electron chi connectivity index (χ1n) is 10.3. The quantitative estimate of drug-likeness (QED) is 0.689. The van der Waals surface area contributed by atoms with E-state index < -0.39 is 58.7 Å². The maximum Gasteiger partial charge on any atom is 0.350 e. The van der Waals surface area contributed by atoms with Gasteiger partial charge < -0.3 is 15.3 Å². The summed E-state index contributed by atoms with van der Waals surface area (Å²) < 4.78 is 58.0. The number of hydrogen-bond acceptors (Lipinski definition) is 3. The van der Waals surface area contributed by atoms with Crippen LogP contribution in [0.1, 0.15) is 47.2 Å². The van der Waals surface area contributed by atoms with E-state index in [2.05, 4.69) is 5.32 Å². The molecule has 2 amide bonds. The van der Waals surface area contributed by atoms with Gasteiger partial charge in [0.25, 0.3) is 11.8 Å². The number of alkyl halides is 2. The second-order valence-electron chi connectivity index (χ2n) is 8.41. The van der Waals surface area contributed by atoms with Gasteiger partial charge in [-0.2, -0.15) is 8.78 Å². The van der Waals surface area contributed by atoms with Gasteiger partial charge in [0.1, 0.15) is 11.6 Å². The van der Waals surface area contributed by atoms with Gasteiger partial charge in [-0.3, -0.25) is 9.59 Å². The molecule has 0 unspecified atom stereocenters. The highest BCUT2D eigenvalue weighted by molar-refractivity contribution is 6.04. The number of amides is 2. The number of nitrogens with zero attached hydrogens (tertiary/aromatic N) is 1. The second-order valence-corrected chi connectivity index (χ2v) is 8.41. The Morgan fingerprint density at radius 3 is 2.28 bits per heavy atom. The van der Waals surface area contributed by atoms with Crippen LogP contribution in [0.5, 0.6) is 0 Å². The first-order chi connectivity index (χ1) is 15.1. The summed E-state index contributed by atoms with van der Waals surface area (Å²) in [4.78, 5) is 26.4. The molecular weight excluding hydrogens is 428 g/mol. The number of hydrogen-bond donors (Lipinski definition) is 2. The lowest BCUT2D eigenvalue weighted by atomic mass is 9.97. The second kappa shape index (κ2) is 8.20. The van der Waals surface area contributed by atoms with Gasteiger partial charge >= 0.3 is 5.92 Å². The normalized spacial score (nSPS) is 22.7. The predicted molar refractivity (Wildman–Crippen MR) is 108 cm³/mol. The summed E-state index contributed by atoms with van der Waals surface area (Å²) in [5.41, 5.74) is -1.04. The van der Waals surface area contributed by atoms with Crippen LogP contribution in [0.2, 0.25) is 0 Å². The van der Waals surface area contributed by atoms with E-state index in [4.69, 9.17) is 0 Å². The number of aryl methyl sites for hydroxylation is 1. The van der Waals surface area contributed by atoms with Crippen LogP contribution in [0, 0.1) is 18.6 Å². The number of carbonyl (C=O) groups excluding carboxylic acids is 2. The van der Waals surface area contributed by atoms with E-state index in [1.165, 1.54) is 19.1 Å². The summed E-state index contributed by atoms with van der Waals surface area (Å²) in [7, 11) is 0. The highest BCUT2D eigenvalue weighted by atomic mass is 19.3. The molecule has 4 rings (SSSR count). The van der Waals surface area contributed by atoms with Crippen LogP contribution in [0.3, 0.4) is 0 Å². The number of anilines is 1. The van der Waals surface area contributed by atoms with E-state index in [9.17, 15) is 23.5 Å². The van der Waals surface area contributed by atoms with Gasteiger partial charge in [0.2, 0.25) is 0 Å². The number of aliphatic hydroxyl groups is 1. The topological polar surface area (TPSA) is 69.6 Å². The Morgan fingerprint density at radius 1 is 1.03 bits per heavy atom. The molecule has 3 atom stereocenters. The Bertz CT molecular complexity index is 1060. The average Bonchev–Trinajstić information content (AvgIpc) is 3.00. The number of halogens is 4. The Morgan fingerprint density at radius 2 is 1.66 bits per heavy atom. The predicted octanol–water partition coefficient (Wildman–Crippen LogP) is 4.13. The summed E-state index contributed by atoms with van der Waals surface area (Å²) in [5, 5.41) is 12.2. The third kappa shape index (κ3) is 3.97. The molecule has 0 saturated carbocycles. The van der Waals surface area contributed by atoms with E-state index in [-0.39, 0.29) is 24.1 Å². The maximum atomic E-state index is 15.2. The van der Waals surface area contributed by atoms with Crippen molar-refractivity contribution in [2.24, 2.45) is 0 Å². The van der Waals surface area contributed by atoms with Crippen molar-refractivity contribution < 1.29 is 32.3 Å². The lowest BCUT2D eigenvalue weighted by molar-refractivity contribution is -0.165. The zero-order chi connectivity index (χ0) is 23.2. The van der Waals surface area contributed by atoms with Crippen LogP contribution in [-0.4, -0.2) is 40.0 Å². The molecule has 9 heteroatoms. The van der Waals surface area contributed by atoms with Crippen LogP contribution in [0.4, 0.5) is 23.2 Å². The largest absolute Gasteiger partial charge is 0.393 e. The molecule has 2 bridgehead atoms. The number of benzene rings is 2. The summed E-state index contributed by atoms with van der Waals surface area (Å²) in [6.45, 7) is 1.48. The van der Waals surface area contributed by atoms with Crippen molar-refractivity contribution in [3.8, 4) is 0 Å². The molecule has 2 aliphatic rings. The number of fused-ring (bicyclic) bond motifs is 2. The van der Waals surface area contributed by atoms with Crippen molar-refractivity contribution in [2.75, 3.05) is 5.32 Å². The zero-order valence-electron chi connectivity index (χ0n) is 17.2. The molecule has 32 heavy (non-hydrogen) atoms. The summed E-state index contributed by atoms with van der Waals surface area (Å²) in [6, 6.07) is 4.95. The first kappa shape index (κ1) is 22.3. The van der Waals surface area contributed by atoms with Crippen molar-refractivity contribution in [1.82, 2.24) is 4.90 Å². The fourth-order valence-corrected chi connectivity index (χ4v) is 4.58. The maximum absolute atomic E-state index is 15.2. The number of piperidine rings is 1. The molecule has 0 radical (unpaired) electrons. The molecule has 0 aliphatic carbocycles. The minimum atomic E-state index is -3.97. The number of rotatable bonds is 4. The van der Waals surface area contributed by atoms with E-state index in [0.717, 1.165) is 23.1 Å². The summed E-state index contributed by atoms with van der Waals surface area (Å²) >= 11 is 0. The van der Waals surface area contributed by atoms with Gasteiger partial charge in [-0.25, -0.2) is 8.78 Å². The number of nitrogens with one attached hydrogen (secondary N) is 1. The van der Waals surface area contributed by atoms with Crippen molar-refractivity contribution in [3.63, 3.8) is 0 Å². The molecule has 0 spiro atoms. The zero-order valence-corrected chi connectivity index (χ0v) is 17.2. The fraction of sp³-hybridized carbons (Fsp3) is 0.391. The smallest absolute Gasteiger partial charge is 0.350 e. The molecule has 2 fully saturated rings. The lowest BCUT2D eigenvalue weighted by Gasteiger charge is -2.38. The van der Waals surface area contributed by atoms with Gasteiger partial charge in [0, 0.05) is 23.3 Å². The van der Waals surface area contributed by atoms with Gasteiger partial charge in [0.15, 0.2) is 0 Å². The van der Waals surface area contributed by atoms with Crippen molar-refractivity contribution >= 4 is 17.5 Å². The number of carbonyl (C=O) groups is 2. The van der Waals surface area contributed by atoms with Crippen LogP contribution in [-0.2, 0) is 10.7 Å². The van der Waals surface area contributed by atoms with Gasteiger partial charge in [0.05, 0.1) is 11.7 Å². The van der Waals surface area contributed by atoms with Crippen LogP contribution < -0.4 is 5.32 Å². The van der Waals surface area contributed by atoms with E-state index >= 15 is 8.78 Å². The monoisotopic (exact) mass is 450 g/mol. The van der Waals surface area contributed by atoms with Gasteiger partial charge in [-0.05, 0) is 74.6 Å². The summed E-state index contributed by atoms with van der Waals surface area (Å²) in [6.07, 6.45) is 0.940. The molecule has 2 saturated heterocycles. The fourth-order valence-electron chi connectivity index (χ4n) is 4.58. The van der Waals surface area contributed by atoms with E-state index in [1.807, 2.05) is 0 Å². The highest BCUT2D eigenvalue weighted by Crippen LogP contribution is 2.41. The van der Waals surface area contributed by atoms with E-state index in [1.54, 1.807) is 0 Å². The standard InChI is InChI=1S/C23H22F4N2O3/c1-12-8-14(3-7-19(12)24)28-21(31)18-9-13(2-6-20(18)25)23(26,27)22(32)29-15-4-5-16(29)11-17(30)10-15/h2-3,6-9,15-17,30H,4-5,10-11H2,1H3,(H,28,31)/t15-,16+,17-. The Kier molecular flexibility index (Phi) is 5.70. The molecule has 170 valence electrons. The minimum Gasteiger partial charge on any atom is -0.393 e. The Balaban J connectivity index is 1.59. The highest BCUT2D eigenvalue weighted by Gasteiger charge is 2.52. The first-order valence-corrected chi connectivity index (χ1v) is 10.3. The molecular formula is C23H22F4N2O3. The molecule has 5 nitrogen and oxygen atoms in total. The Labute approximate surface area is 182 Å². The Hall–Kier alpha value is -2.94. The third-order valence-corrected chi connectivity index (χ3v) is 6.20. The van der Waals surface area contributed by atoms with Crippen LogP contribution in [0.25, 0.3) is 0 Å². The van der Waals surface area contributed by atoms with Gasteiger partial charge in [-0.1, -0.05) is 0 Å². The van der Waals surface area contributed by atoms with Crippen molar-refractivity contribution in [3.05, 3.63) is 64.7 Å². The molecule has 2 aliphatic heterocycles. The lowest BCUT2D eigenvalue weighted by Crippen LogP contribution is -2.52. The third-order valence-electron chi connectivity index (χ3n) is 6.20. The molecule has 2 N–H and O–H groups in total. The van der Waals surface area contributed by atoms with Crippen molar-refractivity contribution in [2.45, 2.75) is 56.7 Å². The SMILES string of the molecule is Cc1cc(NC(=O)c2cc(C(F)(F)C(=O)N3[C@@H]4CC[C@H]3C[C@H](O)C4)ccc2F)ccc1F. The molecule has 0 aromatic heterocycles. The van der Waals surface area contributed by atoms with Gasteiger partial charge in [-0.15, -0.1) is 0 Å². The molecule has 2 aromatic carbocycles. The summed E-state index contributed by atoms with van der Waals surface area (Å²) in [5.74, 6) is -7.91. The van der Waals surface area contributed by atoms with Crippen LogP contribution >= 0.6 is 0 Å². The van der Waals surface area contributed by atoms with Crippen molar-refractivity contribution in [1.29, 1.82) is 0 Å². The van der Waals surface area contributed by atoms with E-state index in [0.29, 0.717) is 18.9 Å². The molecule has 2 aromatic rings.